The van der Waals surface area contributed by atoms with Gasteiger partial charge in [-0.25, -0.2) is 0 Å². The van der Waals surface area contributed by atoms with Crippen molar-refractivity contribution in [1.29, 1.82) is 0 Å². The molecule has 0 atom stereocenters. The minimum atomic E-state index is -4.69. The molecule has 2 heterocycles. The number of aromatic amines is 1. The van der Waals surface area contributed by atoms with Crippen molar-refractivity contribution in [3.8, 4) is 0 Å². The van der Waals surface area contributed by atoms with Crippen molar-refractivity contribution in [2.75, 3.05) is 0 Å². The normalized spacial score (nSPS) is 11.7. The maximum absolute atomic E-state index is 13.3. The number of amides is 1. The van der Waals surface area contributed by atoms with Crippen molar-refractivity contribution < 1.29 is 18.0 Å². The second kappa shape index (κ2) is 7.05. The van der Waals surface area contributed by atoms with Gasteiger partial charge in [-0.2, -0.15) is 13.2 Å². The molecular formula is C16H9BrClF3N2O2S. The molecule has 2 N–H and O–H groups in total. The van der Waals surface area contributed by atoms with Gasteiger partial charge >= 0.3 is 6.18 Å². The summed E-state index contributed by atoms with van der Waals surface area (Å²) >= 11 is 10.0. The average Bonchev–Trinajstić information content (AvgIpc) is 2.97. The van der Waals surface area contributed by atoms with Gasteiger partial charge in [0.15, 0.2) is 5.43 Å². The Morgan fingerprint density at radius 1 is 1.27 bits per heavy atom. The summed E-state index contributed by atoms with van der Waals surface area (Å²) in [6.07, 6.45) is -4.69. The quantitative estimate of drug-likeness (QED) is 0.575. The van der Waals surface area contributed by atoms with Crippen molar-refractivity contribution in [3.63, 3.8) is 0 Å². The van der Waals surface area contributed by atoms with Crippen molar-refractivity contribution in [1.82, 2.24) is 10.3 Å². The van der Waals surface area contributed by atoms with E-state index in [0.29, 0.717) is 4.34 Å². The number of alkyl halides is 3. The van der Waals surface area contributed by atoms with Gasteiger partial charge in [0.05, 0.1) is 22.0 Å². The molecule has 0 bridgehead atoms. The fraction of sp³-hybridized carbons (Fsp3) is 0.125. The van der Waals surface area contributed by atoms with E-state index in [4.69, 9.17) is 11.6 Å². The van der Waals surface area contributed by atoms with E-state index in [0.717, 1.165) is 17.0 Å². The lowest BCUT2D eigenvalue weighted by molar-refractivity contribution is -0.136. The number of benzene rings is 1. The minimum Gasteiger partial charge on any atom is -0.350 e. The van der Waals surface area contributed by atoms with Crippen LogP contribution in [-0.4, -0.2) is 10.9 Å². The molecule has 0 radical (unpaired) electrons. The Kier molecular flexibility index (Phi) is 5.14. The molecule has 0 saturated carbocycles. The van der Waals surface area contributed by atoms with Crippen molar-refractivity contribution in [2.24, 2.45) is 0 Å². The van der Waals surface area contributed by atoms with Gasteiger partial charge in [0.25, 0.3) is 5.91 Å². The molecule has 0 unspecified atom stereocenters. The Labute approximate surface area is 162 Å². The molecule has 26 heavy (non-hydrogen) atoms. The fourth-order valence-electron chi connectivity index (χ4n) is 2.37. The highest BCUT2D eigenvalue weighted by molar-refractivity contribution is 9.10. The Morgan fingerprint density at radius 3 is 2.62 bits per heavy atom. The maximum Gasteiger partial charge on any atom is 0.418 e. The smallest absolute Gasteiger partial charge is 0.350 e. The number of aromatic nitrogens is 1. The van der Waals surface area contributed by atoms with E-state index in [1.807, 2.05) is 0 Å². The van der Waals surface area contributed by atoms with Gasteiger partial charge in [0, 0.05) is 20.8 Å². The molecule has 136 valence electrons. The molecule has 0 saturated heterocycles. The molecule has 3 rings (SSSR count). The molecule has 4 nitrogen and oxygen atoms in total. The number of H-pyrrole nitrogens is 1. The molecule has 0 aliphatic carbocycles. The lowest BCUT2D eigenvalue weighted by Crippen LogP contribution is -2.25. The highest BCUT2D eigenvalue weighted by Crippen LogP contribution is 2.35. The first-order valence-electron chi connectivity index (χ1n) is 7.11. The van der Waals surface area contributed by atoms with Crippen LogP contribution in [-0.2, 0) is 12.7 Å². The van der Waals surface area contributed by atoms with E-state index in [1.54, 1.807) is 12.1 Å². The Morgan fingerprint density at radius 2 is 2.00 bits per heavy atom. The largest absolute Gasteiger partial charge is 0.418 e. The number of carbonyl (C=O) groups is 1. The number of rotatable bonds is 3. The monoisotopic (exact) mass is 464 g/mol. The van der Waals surface area contributed by atoms with Gasteiger partial charge in [0.1, 0.15) is 5.69 Å². The first kappa shape index (κ1) is 18.9. The van der Waals surface area contributed by atoms with E-state index < -0.39 is 28.6 Å². The molecule has 1 aromatic carbocycles. The molecule has 1 amide bonds. The van der Waals surface area contributed by atoms with Crippen LogP contribution in [0.4, 0.5) is 13.2 Å². The summed E-state index contributed by atoms with van der Waals surface area (Å²) < 4.78 is 40.5. The van der Waals surface area contributed by atoms with Crippen LogP contribution in [0.3, 0.4) is 0 Å². The van der Waals surface area contributed by atoms with Crippen LogP contribution in [0.15, 0.2) is 39.6 Å². The molecule has 10 heteroatoms. The van der Waals surface area contributed by atoms with Gasteiger partial charge in [0.2, 0.25) is 0 Å². The van der Waals surface area contributed by atoms with Crippen molar-refractivity contribution in [2.45, 2.75) is 12.7 Å². The summed E-state index contributed by atoms with van der Waals surface area (Å²) in [5.41, 5.74) is -2.40. The maximum atomic E-state index is 13.3. The van der Waals surface area contributed by atoms with Crippen LogP contribution in [0.2, 0.25) is 4.34 Å². The van der Waals surface area contributed by atoms with Crippen molar-refractivity contribution >= 4 is 55.7 Å². The second-order valence-electron chi connectivity index (χ2n) is 5.31. The number of fused-ring (bicyclic) bond motifs is 1. The highest BCUT2D eigenvalue weighted by Gasteiger charge is 2.34. The standard InChI is InChI=1S/C16H9BrClF3N2O2S/c17-7-3-9-12(24)5-11(23-14(9)10(4-7)16(19,20)21)15(25)22-6-8-1-2-13(18)26-8/h1-5H,6H2,(H,22,25)(H,23,24). The molecular weight excluding hydrogens is 457 g/mol. The third kappa shape index (κ3) is 3.94. The summed E-state index contributed by atoms with van der Waals surface area (Å²) in [4.78, 5) is 27.7. The van der Waals surface area contributed by atoms with E-state index in [2.05, 4.69) is 26.2 Å². The number of hydrogen-bond donors (Lipinski definition) is 2. The fourth-order valence-corrected chi connectivity index (χ4v) is 3.86. The molecule has 2 aromatic heterocycles. The van der Waals surface area contributed by atoms with E-state index in [9.17, 15) is 22.8 Å². The first-order chi connectivity index (χ1) is 12.1. The molecule has 0 spiro atoms. The Bertz CT molecular complexity index is 1060. The molecule has 0 aliphatic heterocycles. The van der Waals surface area contributed by atoms with E-state index >= 15 is 0 Å². The SMILES string of the molecule is O=C(NCc1ccc(Cl)s1)c1cc(=O)c2cc(Br)cc(C(F)(F)F)c2[nH]1. The van der Waals surface area contributed by atoms with Crippen LogP contribution in [0.5, 0.6) is 0 Å². The predicted molar refractivity (Wildman–Crippen MR) is 97.8 cm³/mol. The zero-order chi connectivity index (χ0) is 19.1. The first-order valence-corrected chi connectivity index (χ1v) is 9.10. The molecule has 0 fully saturated rings. The topological polar surface area (TPSA) is 62.0 Å². The summed E-state index contributed by atoms with van der Waals surface area (Å²) in [5.74, 6) is -0.690. The van der Waals surface area contributed by atoms with Gasteiger partial charge in [-0.15, -0.1) is 11.3 Å². The van der Waals surface area contributed by atoms with Gasteiger partial charge in [-0.3, -0.25) is 9.59 Å². The van der Waals surface area contributed by atoms with Crippen LogP contribution in [0.25, 0.3) is 10.9 Å². The number of halogens is 5. The summed E-state index contributed by atoms with van der Waals surface area (Å²) in [6, 6.07) is 6.49. The Hall–Kier alpha value is -1.84. The van der Waals surface area contributed by atoms with Crippen LogP contribution >= 0.6 is 38.9 Å². The van der Waals surface area contributed by atoms with Gasteiger partial charge < -0.3 is 10.3 Å². The van der Waals surface area contributed by atoms with Crippen LogP contribution in [0, 0.1) is 0 Å². The highest BCUT2D eigenvalue weighted by atomic mass is 79.9. The van der Waals surface area contributed by atoms with Gasteiger partial charge in [-0.1, -0.05) is 27.5 Å². The minimum absolute atomic E-state index is 0.120. The second-order valence-corrected chi connectivity index (χ2v) is 8.02. The van der Waals surface area contributed by atoms with Crippen LogP contribution in [0.1, 0.15) is 20.9 Å². The number of hydrogen-bond acceptors (Lipinski definition) is 3. The summed E-state index contributed by atoms with van der Waals surface area (Å²) in [5, 5.41) is 2.38. The van der Waals surface area contributed by atoms with E-state index in [-0.39, 0.29) is 22.1 Å². The zero-order valence-corrected chi connectivity index (χ0v) is 15.9. The van der Waals surface area contributed by atoms with E-state index in [1.165, 1.54) is 17.4 Å². The predicted octanol–water partition coefficient (Wildman–Crippen LogP) is 4.95. The Balaban J connectivity index is 2.00. The number of thiophene rings is 1. The summed E-state index contributed by atoms with van der Waals surface area (Å²) in [7, 11) is 0. The molecule has 0 aliphatic rings. The number of carbonyl (C=O) groups excluding carboxylic acids is 1. The summed E-state index contributed by atoms with van der Waals surface area (Å²) in [6.45, 7) is 0.142. The van der Waals surface area contributed by atoms with Crippen LogP contribution < -0.4 is 10.7 Å². The lowest BCUT2D eigenvalue weighted by Gasteiger charge is -2.12. The number of pyridine rings is 1. The third-order valence-electron chi connectivity index (χ3n) is 3.51. The van der Waals surface area contributed by atoms with Crippen molar-refractivity contribution in [3.05, 3.63) is 65.5 Å². The van der Waals surface area contributed by atoms with Gasteiger partial charge in [-0.05, 0) is 24.3 Å². The lowest BCUT2D eigenvalue weighted by atomic mass is 10.1. The number of nitrogens with one attached hydrogen (secondary N) is 2. The third-order valence-corrected chi connectivity index (χ3v) is 5.19. The molecule has 3 aromatic rings. The zero-order valence-electron chi connectivity index (χ0n) is 12.7. The average molecular weight is 466 g/mol.